The summed E-state index contributed by atoms with van der Waals surface area (Å²) < 4.78 is 6.60. The number of para-hydroxylation sites is 1. The molecular weight excluding hydrogens is 493 g/mol. The summed E-state index contributed by atoms with van der Waals surface area (Å²) >= 11 is 6.24. The number of unbranched alkanes of at least 4 members (excludes halogenated alkanes) is 2. The number of aromatic nitrogens is 1. The van der Waals surface area contributed by atoms with Crippen LogP contribution < -0.4 is 14.9 Å². The van der Waals surface area contributed by atoms with Crippen molar-refractivity contribution in [1.82, 2.24) is 14.9 Å². The van der Waals surface area contributed by atoms with Crippen LogP contribution in [0.15, 0.2) is 42.5 Å². The second-order valence-electron chi connectivity index (χ2n) is 8.29. The predicted molar refractivity (Wildman–Crippen MR) is 142 cm³/mol. The number of ether oxygens (including phenoxy) is 1. The van der Waals surface area contributed by atoms with E-state index in [0.29, 0.717) is 17.1 Å². The Balaban J connectivity index is 0.00000456. The molecule has 0 aliphatic heterocycles. The Bertz CT molecular complexity index is 1240. The third kappa shape index (κ3) is 7.26. The van der Waals surface area contributed by atoms with Crippen LogP contribution in [-0.4, -0.2) is 77.8 Å². The van der Waals surface area contributed by atoms with Gasteiger partial charge in [0.15, 0.2) is 0 Å². The zero-order valence-corrected chi connectivity index (χ0v) is 21.1. The Hall–Kier alpha value is -2.52. The van der Waals surface area contributed by atoms with E-state index in [9.17, 15) is 14.4 Å². The summed E-state index contributed by atoms with van der Waals surface area (Å²) in [5.74, 6) is -0.326. The van der Waals surface area contributed by atoms with Gasteiger partial charge in [0.1, 0.15) is 11.4 Å². The monoisotopic (exact) mass is 523 g/mol. The Morgan fingerprint density at radius 2 is 1.81 bits per heavy atom. The first kappa shape index (κ1) is 29.7. The number of benzene rings is 2. The van der Waals surface area contributed by atoms with Gasteiger partial charge >= 0.3 is 41.6 Å². The summed E-state index contributed by atoms with van der Waals surface area (Å²) in [4.78, 5) is 43.3. The number of nitrogens with one attached hydrogen (secondary N) is 1. The molecule has 36 heavy (non-hydrogen) atoms. The van der Waals surface area contributed by atoms with Gasteiger partial charge in [0.25, 0.3) is 5.91 Å². The van der Waals surface area contributed by atoms with Crippen molar-refractivity contribution in [3.8, 4) is 5.75 Å². The van der Waals surface area contributed by atoms with Crippen molar-refractivity contribution in [3.05, 3.63) is 64.3 Å². The van der Waals surface area contributed by atoms with Gasteiger partial charge in [-0.3, -0.25) is 9.69 Å². The van der Waals surface area contributed by atoms with Crippen LogP contribution in [0.1, 0.15) is 47.8 Å². The van der Waals surface area contributed by atoms with Gasteiger partial charge in [-0.1, -0.05) is 36.2 Å². The molecule has 0 saturated heterocycles. The molecule has 2 aromatic carbocycles. The molecule has 1 N–H and O–H groups in total. The van der Waals surface area contributed by atoms with Gasteiger partial charge in [0.05, 0.1) is 12.6 Å². The van der Waals surface area contributed by atoms with E-state index in [4.69, 9.17) is 21.2 Å². The number of fused-ring (bicyclic) bond motifs is 1. The number of carbonyl (C=O) groups is 3. The molecule has 0 spiro atoms. The van der Waals surface area contributed by atoms with Gasteiger partial charge in [0.2, 0.25) is 0 Å². The summed E-state index contributed by atoms with van der Waals surface area (Å²) in [6.07, 6.45) is 3.36. The molecule has 0 bridgehead atoms. The first-order valence-electron chi connectivity index (χ1n) is 11.4. The molecule has 0 aliphatic carbocycles. The summed E-state index contributed by atoms with van der Waals surface area (Å²) in [6.45, 7) is 3.62. The fourth-order valence-corrected chi connectivity index (χ4v) is 3.97. The normalized spacial score (nSPS) is 10.5. The number of imide groups is 1. The fraction of sp³-hybridized carbons (Fsp3) is 0.346. The summed E-state index contributed by atoms with van der Waals surface area (Å²) in [5, 5.41) is 4.20. The van der Waals surface area contributed by atoms with Crippen LogP contribution in [0.4, 0.5) is 4.79 Å². The van der Waals surface area contributed by atoms with Gasteiger partial charge in [-0.25, -0.2) is 9.59 Å². The number of aryl methyl sites for hydroxylation is 2. The molecule has 0 atom stereocenters. The molecule has 0 aliphatic rings. The first-order valence-corrected chi connectivity index (χ1v) is 11.8. The molecule has 8 nitrogen and oxygen atoms in total. The Morgan fingerprint density at radius 1 is 1.08 bits per heavy atom. The van der Waals surface area contributed by atoms with Crippen LogP contribution in [0.2, 0.25) is 5.02 Å². The van der Waals surface area contributed by atoms with Crippen molar-refractivity contribution in [3.63, 3.8) is 0 Å². The van der Waals surface area contributed by atoms with E-state index < -0.39 is 17.9 Å². The van der Waals surface area contributed by atoms with E-state index >= 15 is 0 Å². The van der Waals surface area contributed by atoms with Crippen molar-refractivity contribution in [2.24, 2.45) is 0 Å². The number of hydrogen-bond donors (Lipinski definition) is 1. The van der Waals surface area contributed by atoms with Gasteiger partial charge < -0.3 is 14.9 Å². The topological polar surface area (TPSA) is 89.9 Å². The molecule has 0 radical (unpaired) electrons. The molecule has 0 unspecified atom stereocenters. The second kappa shape index (κ2) is 13.7. The number of nitrogens with zero attached hydrogens (tertiary/aromatic N) is 2. The minimum absolute atomic E-state index is 0. The number of amides is 3. The predicted octanol–water partition coefficient (Wildman–Crippen LogP) is 4.13. The molecule has 3 amide bonds. The van der Waals surface area contributed by atoms with E-state index in [1.807, 2.05) is 25.1 Å². The number of carbonyl (C=O) groups excluding carboxylic acids is 3. The zero-order valence-electron chi connectivity index (χ0n) is 20.4. The molecular formula is C26H31ClN3NaO5. The Labute approximate surface area is 238 Å². The average Bonchev–Trinajstić information content (AvgIpc) is 3.19. The number of rotatable bonds is 9. The number of urea groups is 1. The maximum absolute atomic E-state index is 13.0. The van der Waals surface area contributed by atoms with E-state index in [1.54, 1.807) is 31.4 Å². The summed E-state index contributed by atoms with van der Waals surface area (Å²) in [6, 6.07) is 12.1. The van der Waals surface area contributed by atoms with Gasteiger partial charge in [-0.05, 0) is 61.6 Å². The van der Waals surface area contributed by atoms with Crippen LogP contribution in [0.25, 0.3) is 10.9 Å². The van der Waals surface area contributed by atoms with Crippen molar-refractivity contribution in [2.75, 3.05) is 20.7 Å². The van der Waals surface area contributed by atoms with Crippen LogP contribution in [0.5, 0.6) is 5.75 Å². The van der Waals surface area contributed by atoms with Gasteiger partial charge in [-0.2, -0.15) is 4.73 Å². The average molecular weight is 524 g/mol. The SMILES string of the molecule is COc1cc(C)c(Cl)cc1CCCCCNC(=O)N(C)C(=O)c1cc2ccccc2n1OC(C)=O.[NaH]. The van der Waals surface area contributed by atoms with Crippen molar-refractivity contribution >= 4 is 70.0 Å². The Kier molecular flexibility index (Phi) is 11.3. The van der Waals surface area contributed by atoms with Crippen molar-refractivity contribution in [1.29, 1.82) is 0 Å². The van der Waals surface area contributed by atoms with Crippen LogP contribution in [0, 0.1) is 6.92 Å². The second-order valence-corrected chi connectivity index (χ2v) is 8.69. The van der Waals surface area contributed by atoms with Gasteiger partial charge in [0, 0.05) is 30.9 Å². The quantitative estimate of drug-likeness (QED) is 0.336. The van der Waals surface area contributed by atoms with Crippen LogP contribution in [-0.2, 0) is 11.2 Å². The number of halogens is 1. The van der Waals surface area contributed by atoms with Crippen molar-refractivity contribution < 1.29 is 24.0 Å². The van der Waals surface area contributed by atoms with Crippen molar-refractivity contribution in [2.45, 2.75) is 39.5 Å². The summed E-state index contributed by atoms with van der Waals surface area (Å²) in [5.41, 5.74) is 2.68. The first-order chi connectivity index (χ1) is 16.7. The third-order valence-corrected chi connectivity index (χ3v) is 6.08. The van der Waals surface area contributed by atoms with E-state index in [-0.39, 0.29) is 35.3 Å². The minimum atomic E-state index is -0.580. The molecule has 0 fully saturated rings. The molecule has 3 aromatic rings. The summed E-state index contributed by atoms with van der Waals surface area (Å²) in [7, 11) is 3.03. The third-order valence-electron chi connectivity index (χ3n) is 5.68. The molecule has 1 heterocycles. The van der Waals surface area contributed by atoms with Crippen LogP contribution >= 0.6 is 11.6 Å². The van der Waals surface area contributed by atoms with E-state index in [0.717, 1.165) is 57.6 Å². The molecule has 10 heteroatoms. The fourth-order valence-electron chi connectivity index (χ4n) is 3.78. The molecule has 1 aromatic heterocycles. The molecule has 0 saturated carbocycles. The standard InChI is InChI=1S/C26H30ClN3O5.Na.H/c1-17-14-24(34-4)20(15-21(17)27)11-6-5-9-13-28-26(33)29(3)25(32)23-16-19-10-7-8-12-22(19)30(23)35-18(2)31;;/h7-8,10,12,14-16H,5-6,9,11,13H2,1-4H3,(H,28,33);;. The van der Waals surface area contributed by atoms with Gasteiger partial charge in [-0.15, -0.1) is 0 Å². The maximum atomic E-state index is 13.0. The molecule has 188 valence electrons. The number of hydrogen-bond acceptors (Lipinski definition) is 5. The number of methoxy groups -OCH3 is 1. The Morgan fingerprint density at radius 3 is 2.50 bits per heavy atom. The van der Waals surface area contributed by atoms with E-state index in [2.05, 4.69) is 5.32 Å². The molecule has 3 rings (SSSR count). The van der Waals surface area contributed by atoms with E-state index in [1.165, 1.54) is 14.0 Å². The zero-order chi connectivity index (χ0) is 25.5. The van der Waals surface area contributed by atoms with Crippen LogP contribution in [0.3, 0.4) is 0 Å².